The maximum atomic E-state index is 12.9. The molecule has 0 aliphatic carbocycles. The van der Waals surface area contributed by atoms with Crippen molar-refractivity contribution < 1.29 is 22.7 Å². The number of nitrogens with zero attached hydrogens (tertiary/aromatic N) is 1. The summed E-state index contributed by atoms with van der Waals surface area (Å²) in [6, 6.07) is 11.3. The van der Waals surface area contributed by atoms with Gasteiger partial charge < -0.3 is 10.1 Å². The topological polar surface area (TPSA) is 92.8 Å². The summed E-state index contributed by atoms with van der Waals surface area (Å²) >= 11 is 12.1. The Morgan fingerprint density at radius 2 is 1.65 bits per heavy atom. The number of esters is 1. The van der Waals surface area contributed by atoms with Gasteiger partial charge in [0.25, 0.3) is 0 Å². The molecular weight excluding hydrogens is 463 g/mol. The summed E-state index contributed by atoms with van der Waals surface area (Å²) in [5.41, 5.74) is 1.28. The number of ether oxygens (including phenoxy) is 1. The summed E-state index contributed by atoms with van der Waals surface area (Å²) in [6.07, 6.45) is 0.794. The molecule has 2 aromatic rings. The van der Waals surface area contributed by atoms with Gasteiger partial charge in [-0.2, -0.15) is 4.31 Å². The van der Waals surface area contributed by atoms with Crippen LogP contribution in [0.15, 0.2) is 47.4 Å². The van der Waals surface area contributed by atoms with E-state index in [1.165, 1.54) is 23.5 Å². The summed E-state index contributed by atoms with van der Waals surface area (Å²) in [5.74, 6) is -0.845. The molecule has 31 heavy (non-hydrogen) atoms. The number of rotatable bonds is 6. The Kier molecular flexibility index (Phi) is 7.59. The minimum absolute atomic E-state index is 0.0746. The van der Waals surface area contributed by atoms with Gasteiger partial charge in [-0.3, -0.25) is 4.79 Å². The van der Waals surface area contributed by atoms with E-state index in [1.54, 1.807) is 30.3 Å². The van der Waals surface area contributed by atoms with E-state index in [1.807, 2.05) is 0 Å². The Labute approximate surface area is 191 Å². The number of sulfonamides is 1. The predicted molar refractivity (Wildman–Crippen MR) is 118 cm³/mol. The minimum Gasteiger partial charge on any atom is -0.465 e. The first-order chi connectivity index (χ1) is 14.7. The van der Waals surface area contributed by atoms with Gasteiger partial charge in [0, 0.05) is 25.6 Å². The van der Waals surface area contributed by atoms with Gasteiger partial charge in [0.2, 0.25) is 15.9 Å². The van der Waals surface area contributed by atoms with Crippen LogP contribution in [-0.2, 0) is 26.1 Å². The second kappa shape index (κ2) is 9.99. The first-order valence-corrected chi connectivity index (χ1v) is 11.8. The van der Waals surface area contributed by atoms with Crippen LogP contribution in [0.1, 0.15) is 28.8 Å². The number of carbonyl (C=O) groups excluding carboxylic acids is 2. The number of benzene rings is 2. The molecular formula is C21H22Cl2N2O5S. The zero-order valence-corrected chi connectivity index (χ0v) is 19.1. The van der Waals surface area contributed by atoms with Crippen LogP contribution in [0.5, 0.6) is 0 Å². The van der Waals surface area contributed by atoms with E-state index < -0.39 is 16.0 Å². The molecule has 10 heteroatoms. The number of methoxy groups -OCH3 is 1. The molecule has 7 nitrogen and oxygen atoms in total. The molecule has 0 spiro atoms. The Morgan fingerprint density at radius 1 is 1.06 bits per heavy atom. The molecule has 0 saturated carbocycles. The van der Waals surface area contributed by atoms with Crippen molar-refractivity contribution in [2.24, 2.45) is 5.92 Å². The van der Waals surface area contributed by atoms with Gasteiger partial charge in [0.1, 0.15) is 4.90 Å². The highest BCUT2D eigenvalue weighted by atomic mass is 35.5. The largest absolute Gasteiger partial charge is 0.465 e. The Morgan fingerprint density at radius 3 is 2.19 bits per heavy atom. The standard InChI is InChI=1S/C21H22Cl2N2O5S/c1-30-21(27)16-7-5-14(6-8-16)13-24-20(26)15-9-11-25(12-10-15)31(28,29)19-17(22)3-2-4-18(19)23/h2-8,15H,9-13H2,1H3,(H,24,26). The number of carbonyl (C=O) groups is 2. The second-order valence-electron chi connectivity index (χ2n) is 7.14. The molecule has 0 aromatic heterocycles. The van der Waals surface area contributed by atoms with Crippen molar-refractivity contribution in [3.05, 3.63) is 63.6 Å². The molecule has 1 aliphatic rings. The summed E-state index contributed by atoms with van der Waals surface area (Å²) < 4.78 is 31.8. The molecule has 3 rings (SSSR count). The molecule has 1 amide bonds. The van der Waals surface area contributed by atoms with Crippen molar-refractivity contribution in [2.45, 2.75) is 24.3 Å². The number of hydrogen-bond acceptors (Lipinski definition) is 5. The van der Waals surface area contributed by atoms with Crippen LogP contribution < -0.4 is 5.32 Å². The summed E-state index contributed by atoms with van der Waals surface area (Å²) in [5, 5.41) is 3.02. The van der Waals surface area contributed by atoms with Crippen LogP contribution in [0.2, 0.25) is 10.0 Å². The van der Waals surface area contributed by atoms with Crippen LogP contribution in [0, 0.1) is 5.92 Å². The normalized spacial score (nSPS) is 15.5. The average molecular weight is 485 g/mol. The molecule has 0 bridgehead atoms. The third-order valence-corrected chi connectivity index (χ3v) is 8.04. The molecule has 2 aromatic carbocycles. The Bertz CT molecular complexity index is 1050. The highest BCUT2D eigenvalue weighted by Gasteiger charge is 2.34. The van der Waals surface area contributed by atoms with Crippen molar-refractivity contribution >= 4 is 45.1 Å². The van der Waals surface area contributed by atoms with Crippen LogP contribution in [0.3, 0.4) is 0 Å². The van der Waals surface area contributed by atoms with Gasteiger partial charge in [-0.1, -0.05) is 41.4 Å². The maximum absolute atomic E-state index is 12.9. The highest BCUT2D eigenvalue weighted by Crippen LogP contribution is 2.33. The van der Waals surface area contributed by atoms with E-state index in [-0.39, 0.29) is 39.9 Å². The lowest BCUT2D eigenvalue weighted by molar-refractivity contribution is -0.126. The van der Waals surface area contributed by atoms with Crippen molar-refractivity contribution in [1.29, 1.82) is 0 Å². The van der Waals surface area contributed by atoms with Crippen molar-refractivity contribution in [3.8, 4) is 0 Å². The molecule has 0 unspecified atom stereocenters. The number of amides is 1. The molecule has 1 fully saturated rings. The lowest BCUT2D eigenvalue weighted by atomic mass is 9.97. The summed E-state index contributed by atoms with van der Waals surface area (Å²) in [7, 11) is -2.53. The fraction of sp³-hybridized carbons (Fsp3) is 0.333. The van der Waals surface area contributed by atoms with E-state index in [2.05, 4.69) is 10.1 Å². The second-order valence-corrected chi connectivity index (χ2v) is 9.82. The summed E-state index contributed by atoms with van der Waals surface area (Å²) in [4.78, 5) is 23.9. The molecule has 0 radical (unpaired) electrons. The number of piperidine rings is 1. The lowest BCUT2D eigenvalue weighted by Crippen LogP contribution is -2.43. The van der Waals surface area contributed by atoms with Gasteiger partial charge >= 0.3 is 5.97 Å². The Hall–Kier alpha value is -2.13. The summed E-state index contributed by atoms with van der Waals surface area (Å²) in [6.45, 7) is 0.722. The molecule has 0 atom stereocenters. The lowest BCUT2D eigenvalue weighted by Gasteiger charge is -2.31. The van der Waals surface area contributed by atoms with Crippen LogP contribution in [0.25, 0.3) is 0 Å². The molecule has 166 valence electrons. The van der Waals surface area contributed by atoms with Gasteiger partial charge in [0.15, 0.2) is 0 Å². The molecule has 1 saturated heterocycles. The predicted octanol–water partition coefficient (Wildman–Crippen LogP) is 3.50. The Balaban J connectivity index is 1.56. The van der Waals surface area contributed by atoms with Gasteiger partial charge in [-0.25, -0.2) is 13.2 Å². The van der Waals surface area contributed by atoms with Crippen LogP contribution in [-0.4, -0.2) is 44.8 Å². The number of halogens is 2. The van der Waals surface area contributed by atoms with E-state index >= 15 is 0 Å². The number of nitrogens with one attached hydrogen (secondary N) is 1. The third kappa shape index (κ3) is 5.38. The van der Waals surface area contributed by atoms with E-state index in [9.17, 15) is 18.0 Å². The van der Waals surface area contributed by atoms with Crippen LogP contribution >= 0.6 is 23.2 Å². The quantitative estimate of drug-likeness (QED) is 0.633. The van der Waals surface area contributed by atoms with Crippen molar-refractivity contribution in [2.75, 3.05) is 20.2 Å². The first kappa shape index (κ1) is 23.5. The van der Waals surface area contributed by atoms with Crippen LogP contribution in [0.4, 0.5) is 0 Å². The number of hydrogen-bond donors (Lipinski definition) is 1. The highest BCUT2D eigenvalue weighted by molar-refractivity contribution is 7.89. The molecule has 1 aliphatic heterocycles. The average Bonchev–Trinajstić information content (AvgIpc) is 2.77. The van der Waals surface area contributed by atoms with Crippen molar-refractivity contribution in [3.63, 3.8) is 0 Å². The zero-order chi connectivity index (χ0) is 22.6. The van der Waals surface area contributed by atoms with Gasteiger partial charge in [0.05, 0.1) is 22.7 Å². The van der Waals surface area contributed by atoms with E-state index in [0.717, 1.165) is 5.56 Å². The first-order valence-electron chi connectivity index (χ1n) is 9.63. The maximum Gasteiger partial charge on any atom is 0.337 e. The SMILES string of the molecule is COC(=O)c1ccc(CNC(=O)C2CCN(S(=O)(=O)c3c(Cl)cccc3Cl)CC2)cc1. The smallest absolute Gasteiger partial charge is 0.337 e. The fourth-order valence-corrected chi connectivity index (χ4v) is 5.99. The molecule has 1 N–H and O–H groups in total. The van der Waals surface area contributed by atoms with E-state index in [0.29, 0.717) is 24.9 Å². The monoisotopic (exact) mass is 484 g/mol. The minimum atomic E-state index is -3.84. The van der Waals surface area contributed by atoms with Gasteiger partial charge in [-0.05, 0) is 42.7 Å². The molecule has 1 heterocycles. The fourth-order valence-electron chi connectivity index (χ4n) is 3.43. The van der Waals surface area contributed by atoms with Crippen molar-refractivity contribution in [1.82, 2.24) is 9.62 Å². The van der Waals surface area contributed by atoms with Gasteiger partial charge in [-0.15, -0.1) is 0 Å². The third-order valence-electron chi connectivity index (χ3n) is 5.18. The van der Waals surface area contributed by atoms with E-state index in [4.69, 9.17) is 23.2 Å². The zero-order valence-electron chi connectivity index (χ0n) is 16.8.